The maximum Gasteiger partial charge on any atom is 0.327 e. The van der Waals surface area contributed by atoms with Crippen molar-refractivity contribution < 1.29 is 9.63 Å². The Labute approximate surface area is 76.7 Å². The molecule has 0 saturated carbocycles. The Hall–Kier alpha value is -1.35. The lowest BCUT2D eigenvalue weighted by molar-refractivity contribution is -0.143. The smallest absolute Gasteiger partial charge is 0.327 e. The highest BCUT2D eigenvalue weighted by molar-refractivity contribution is 5.73. The molecule has 68 valence electrons. The summed E-state index contributed by atoms with van der Waals surface area (Å²) in [5.41, 5.74) is 3.46. The number of carbonyl (C=O) groups is 1. The van der Waals surface area contributed by atoms with Crippen LogP contribution < -0.4 is 5.48 Å². The van der Waals surface area contributed by atoms with E-state index in [-0.39, 0.29) is 11.5 Å². The van der Waals surface area contributed by atoms with E-state index >= 15 is 0 Å². The zero-order valence-electron chi connectivity index (χ0n) is 7.41. The minimum absolute atomic E-state index is 0.202. The predicted octanol–water partition coefficient (Wildman–Crippen LogP) is 1.35. The minimum atomic E-state index is -0.363. The lowest BCUT2D eigenvalue weighted by Gasteiger charge is -2.20. The summed E-state index contributed by atoms with van der Waals surface area (Å²) in [4.78, 5) is 15.7. The second kappa shape index (κ2) is 2.85. The van der Waals surface area contributed by atoms with Gasteiger partial charge < -0.3 is 4.84 Å². The summed E-state index contributed by atoms with van der Waals surface area (Å²) < 4.78 is 0. The highest BCUT2D eigenvalue weighted by Gasteiger charge is 2.37. The van der Waals surface area contributed by atoms with E-state index in [1.54, 1.807) is 0 Å². The standard InChI is InChI=1S/C10H11NO2/c1-10(7-9(12)13-11-10)8-5-3-2-4-6-8/h2-6,11H,7H2,1H3. The number of nitrogens with one attached hydrogen (secondary N) is 1. The normalized spacial score (nSPS) is 27.3. The summed E-state index contributed by atoms with van der Waals surface area (Å²) in [7, 11) is 0. The van der Waals surface area contributed by atoms with E-state index < -0.39 is 0 Å². The van der Waals surface area contributed by atoms with Gasteiger partial charge in [0, 0.05) is 0 Å². The molecule has 1 aliphatic rings. The van der Waals surface area contributed by atoms with Crippen molar-refractivity contribution in [2.45, 2.75) is 18.9 Å². The highest BCUT2D eigenvalue weighted by atomic mass is 16.7. The first-order chi connectivity index (χ1) is 6.21. The summed E-state index contributed by atoms with van der Waals surface area (Å²) in [6.07, 6.45) is 0.386. The Bertz CT molecular complexity index is 323. The van der Waals surface area contributed by atoms with Crippen LogP contribution in [0.5, 0.6) is 0 Å². The number of hydroxylamine groups is 1. The van der Waals surface area contributed by atoms with Gasteiger partial charge in [0.2, 0.25) is 0 Å². The van der Waals surface area contributed by atoms with Crippen LogP contribution in [-0.2, 0) is 15.2 Å². The SMILES string of the molecule is CC1(c2ccccc2)CC(=O)ON1. The molecule has 0 amide bonds. The van der Waals surface area contributed by atoms with Gasteiger partial charge in [-0.2, -0.15) is 0 Å². The van der Waals surface area contributed by atoms with Gasteiger partial charge in [0.25, 0.3) is 0 Å². The maximum absolute atomic E-state index is 10.9. The van der Waals surface area contributed by atoms with Gasteiger partial charge in [-0.1, -0.05) is 30.3 Å². The van der Waals surface area contributed by atoms with Crippen molar-refractivity contribution in [1.82, 2.24) is 5.48 Å². The van der Waals surface area contributed by atoms with Crippen LogP contribution in [0, 0.1) is 0 Å². The van der Waals surface area contributed by atoms with E-state index in [2.05, 4.69) is 5.48 Å². The number of benzene rings is 1. The van der Waals surface area contributed by atoms with Crippen molar-refractivity contribution in [2.75, 3.05) is 0 Å². The molecule has 3 nitrogen and oxygen atoms in total. The fourth-order valence-corrected chi connectivity index (χ4v) is 1.50. The van der Waals surface area contributed by atoms with E-state index in [0.29, 0.717) is 6.42 Å². The summed E-state index contributed by atoms with van der Waals surface area (Å²) in [5.74, 6) is -0.202. The maximum atomic E-state index is 10.9. The van der Waals surface area contributed by atoms with Crippen LogP contribution in [0.2, 0.25) is 0 Å². The lowest BCUT2D eigenvalue weighted by atomic mass is 9.91. The number of hydrogen-bond donors (Lipinski definition) is 1. The molecule has 2 rings (SSSR count). The molecule has 1 heterocycles. The lowest BCUT2D eigenvalue weighted by Crippen LogP contribution is -2.32. The van der Waals surface area contributed by atoms with Crippen molar-refractivity contribution in [2.24, 2.45) is 0 Å². The average molecular weight is 177 g/mol. The Morgan fingerprint density at radius 1 is 1.38 bits per heavy atom. The molecule has 3 heteroatoms. The van der Waals surface area contributed by atoms with E-state index in [4.69, 9.17) is 4.84 Å². The third kappa shape index (κ3) is 1.42. The number of rotatable bonds is 1. The molecular formula is C10H11NO2. The van der Waals surface area contributed by atoms with E-state index in [0.717, 1.165) is 5.56 Å². The van der Waals surface area contributed by atoms with E-state index in [1.165, 1.54) is 0 Å². The molecule has 1 aromatic rings. The van der Waals surface area contributed by atoms with Crippen LogP contribution in [-0.4, -0.2) is 5.97 Å². The largest absolute Gasteiger partial charge is 0.370 e. The molecule has 13 heavy (non-hydrogen) atoms. The first kappa shape index (κ1) is 8.26. The topological polar surface area (TPSA) is 38.3 Å². The van der Waals surface area contributed by atoms with Crippen molar-refractivity contribution >= 4 is 5.97 Å². The van der Waals surface area contributed by atoms with Crippen LogP contribution in [0.25, 0.3) is 0 Å². The molecule has 0 spiro atoms. The van der Waals surface area contributed by atoms with Gasteiger partial charge in [-0.05, 0) is 12.5 Å². The highest BCUT2D eigenvalue weighted by Crippen LogP contribution is 2.28. The van der Waals surface area contributed by atoms with Crippen LogP contribution in [0.4, 0.5) is 0 Å². The molecule has 1 unspecified atom stereocenters. The second-order valence-electron chi connectivity index (χ2n) is 3.45. The molecule has 0 aliphatic carbocycles. The number of hydrogen-bond acceptors (Lipinski definition) is 3. The molecule has 1 saturated heterocycles. The molecule has 1 aromatic carbocycles. The van der Waals surface area contributed by atoms with Gasteiger partial charge in [0.05, 0.1) is 12.0 Å². The van der Waals surface area contributed by atoms with Gasteiger partial charge in [-0.25, -0.2) is 0 Å². The zero-order valence-corrected chi connectivity index (χ0v) is 7.41. The Morgan fingerprint density at radius 3 is 2.62 bits per heavy atom. The second-order valence-corrected chi connectivity index (χ2v) is 3.45. The van der Waals surface area contributed by atoms with Crippen LogP contribution in [0.1, 0.15) is 18.9 Å². The molecular weight excluding hydrogens is 166 g/mol. The molecule has 1 fully saturated rings. The first-order valence-corrected chi connectivity index (χ1v) is 4.23. The van der Waals surface area contributed by atoms with E-state index in [1.807, 2.05) is 37.3 Å². The summed E-state index contributed by atoms with van der Waals surface area (Å²) in [6, 6.07) is 9.81. The Kier molecular flexibility index (Phi) is 1.81. The van der Waals surface area contributed by atoms with Crippen LogP contribution in [0.3, 0.4) is 0 Å². The van der Waals surface area contributed by atoms with Gasteiger partial charge >= 0.3 is 5.97 Å². The zero-order chi connectivity index (χ0) is 9.31. The van der Waals surface area contributed by atoms with Gasteiger partial charge in [-0.15, -0.1) is 5.48 Å². The molecule has 1 atom stereocenters. The average Bonchev–Trinajstić information content (AvgIpc) is 2.49. The quantitative estimate of drug-likeness (QED) is 0.703. The monoisotopic (exact) mass is 177 g/mol. The molecule has 1 N–H and O–H groups in total. The van der Waals surface area contributed by atoms with Crippen molar-refractivity contribution in [3.8, 4) is 0 Å². The summed E-state index contributed by atoms with van der Waals surface area (Å²) in [5, 5.41) is 0. The van der Waals surface area contributed by atoms with Gasteiger partial charge in [0.15, 0.2) is 0 Å². The van der Waals surface area contributed by atoms with Crippen LogP contribution >= 0.6 is 0 Å². The third-order valence-electron chi connectivity index (χ3n) is 2.30. The van der Waals surface area contributed by atoms with Crippen LogP contribution in [0.15, 0.2) is 30.3 Å². The van der Waals surface area contributed by atoms with Crippen molar-refractivity contribution in [1.29, 1.82) is 0 Å². The summed E-state index contributed by atoms with van der Waals surface area (Å²) in [6.45, 7) is 1.95. The number of carbonyl (C=O) groups excluding carboxylic acids is 1. The fraction of sp³-hybridized carbons (Fsp3) is 0.300. The van der Waals surface area contributed by atoms with E-state index in [9.17, 15) is 4.79 Å². The van der Waals surface area contributed by atoms with Gasteiger partial charge in [-0.3, -0.25) is 4.79 Å². The molecule has 1 aliphatic heterocycles. The summed E-state index contributed by atoms with van der Waals surface area (Å²) >= 11 is 0. The molecule has 0 bridgehead atoms. The first-order valence-electron chi connectivity index (χ1n) is 4.23. The minimum Gasteiger partial charge on any atom is -0.370 e. The fourth-order valence-electron chi connectivity index (χ4n) is 1.50. The van der Waals surface area contributed by atoms with Crippen molar-refractivity contribution in [3.05, 3.63) is 35.9 Å². The third-order valence-corrected chi connectivity index (χ3v) is 2.30. The van der Waals surface area contributed by atoms with Gasteiger partial charge in [0.1, 0.15) is 0 Å². The Morgan fingerprint density at radius 2 is 2.08 bits per heavy atom. The molecule has 0 aromatic heterocycles. The molecule has 0 radical (unpaired) electrons. The Balaban J connectivity index is 2.31. The van der Waals surface area contributed by atoms with Crippen molar-refractivity contribution in [3.63, 3.8) is 0 Å². The predicted molar refractivity (Wildman–Crippen MR) is 47.6 cm³/mol.